The summed E-state index contributed by atoms with van der Waals surface area (Å²) in [6.45, 7) is 0. The quantitative estimate of drug-likeness (QED) is 0.814. The number of rotatable bonds is 3. The smallest absolute Gasteiger partial charge is 0.263 e. The molecule has 0 spiro atoms. The predicted octanol–water partition coefficient (Wildman–Crippen LogP) is 1.09. The van der Waals surface area contributed by atoms with Gasteiger partial charge in [0.15, 0.2) is 0 Å². The number of likely N-dealkylation sites (N-methyl/N-ethyl adjacent to an activating group) is 2. The van der Waals surface area contributed by atoms with Gasteiger partial charge in [-0.25, -0.2) is 0 Å². The van der Waals surface area contributed by atoms with Crippen LogP contribution in [0, 0.1) is 0 Å². The number of hydrogen-bond donors (Lipinski definition) is 1. The van der Waals surface area contributed by atoms with Crippen molar-refractivity contribution in [1.82, 2.24) is 9.91 Å². The van der Waals surface area contributed by atoms with Crippen LogP contribution in [-0.4, -0.2) is 41.9 Å². The molecule has 1 saturated heterocycles. The van der Waals surface area contributed by atoms with E-state index in [2.05, 4.69) is 5.43 Å². The Morgan fingerprint density at radius 1 is 1.39 bits per heavy atom. The fourth-order valence-electron chi connectivity index (χ4n) is 2.08. The van der Waals surface area contributed by atoms with Crippen LogP contribution in [0.2, 0.25) is 0 Å². The first-order chi connectivity index (χ1) is 8.59. The summed E-state index contributed by atoms with van der Waals surface area (Å²) in [5.41, 5.74) is 3.85. The van der Waals surface area contributed by atoms with E-state index in [1.165, 1.54) is 9.91 Å². The SMILES string of the molecule is CN(Nc1ccccc1)C(=O)C1CCC(=O)N1C. The van der Waals surface area contributed by atoms with E-state index in [1.807, 2.05) is 30.3 Å². The van der Waals surface area contributed by atoms with Crippen molar-refractivity contribution in [3.8, 4) is 0 Å². The Morgan fingerprint density at radius 3 is 2.61 bits per heavy atom. The van der Waals surface area contributed by atoms with E-state index >= 15 is 0 Å². The van der Waals surface area contributed by atoms with E-state index in [0.29, 0.717) is 12.8 Å². The lowest BCUT2D eigenvalue weighted by atomic mass is 10.2. The van der Waals surface area contributed by atoms with Crippen LogP contribution in [0.5, 0.6) is 0 Å². The average Bonchev–Trinajstić information content (AvgIpc) is 2.70. The summed E-state index contributed by atoms with van der Waals surface area (Å²) in [5.74, 6) is -0.0614. The first-order valence-corrected chi connectivity index (χ1v) is 5.94. The molecule has 0 radical (unpaired) electrons. The normalized spacial score (nSPS) is 18.9. The minimum absolute atomic E-state index is 0.0291. The molecule has 0 aliphatic carbocycles. The van der Waals surface area contributed by atoms with Crippen molar-refractivity contribution in [2.75, 3.05) is 19.5 Å². The molecule has 1 N–H and O–H groups in total. The molecule has 5 nitrogen and oxygen atoms in total. The number of carbonyl (C=O) groups excluding carboxylic acids is 2. The summed E-state index contributed by atoms with van der Waals surface area (Å²) in [6, 6.07) is 9.12. The molecule has 1 unspecified atom stereocenters. The number of carbonyl (C=O) groups is 2. The topological polar surface area (TPSA) is 52.7 Å². The summed E-state index contributed by atoms with van der Waals surface area (Å²) in [5, 5.41) is 1.44. The molecule has 0 aromatic heterocycles. The van der Waals surface area contributed by atoms with Gasteiger partial charge in [0, 0.05) is 20.5 Å². The number of para-hydroxylation sites is 1. The Kier molecular flexibility index (Phi) is 3.50. The van der Waals surface area contributed by atoms with Gasteiger partial charge >= 0.3 is 0 Å². The molecule has 1 aromatic rings. The van der Waals surface area contributed by atoms with E-state index in [-0.39, 0.29) is 17.9 Å². The van der Waals surface area contributed by atoms with Crippen LogP contribution >= 0.6 is 0 Å². The summed E-state index contributed by atoms with van der Waals surface area (Å²) >= 11 is 0. The van der Waals surface area contributed by atoms with Crippen LogP contribution in [0.15, 0.2) is 30.3 Å². The molecule has 18 heavy (non-hydrogen) atoms. The average molecular weight is 247 g/mol. The van der Waals surface area contributed by atoms with Crippen LogP contribution < -0.4 is 5.43 Å². The Hall–Kier alpha value is -2.04. The number of benzene rings is 1. The highest BCUT2D eigenvalue weighted by Crippen LogP contribution is 2.18. The molecule has 2 amide bonds. The molecular weight excluding hydrogens is 230 g/mol. The maximum absolute atomic E-state index is 12.2. The van der Waals surface area contributed by atoms with Crippen molar-refractivity contribution < 1.29 is 9.59 Å². The highest BCUT2D eigenvalue weighted by atomic mass is 16.2. The van der Waals surface area contributed by atoms with Gasteiger partial charge in [-0.3, -0.25) is 20.0 Å². The molecule has 1 aromatic carbocycles. The zero-order valence-electron chi connectivity index (χ0n) is 10.6. The molecule has 1 heterocycles. The van der Waals surface area contributed by atoms with Gasteiger partial charge in [0.1, 0.15) is 6.04 Å². The molecule has 0 bridgehead atoms. The first-order valence-electron chi connectivity index (χ1n) is 5.94. The monoisotopic (exact) mass is 247 g/mol. The zero-order valence-corrected chi connectivity index (χ0v) is 10.6. The molecule has 96 valence electrons. The van der Waals surface area contributed by atoms with E-state index in [9.17, 15) is 9.59 Å². The zero-order chi connectivity index (χ0) is 13.1. The lowest BCUT2D eigenvalue weighted by Gasteiger charge is -2.26. The third-order valence-corrected chi connectivity index (χ3v) is 3.18. The molecule has 1 atom stereocenters. The Bertz CT molecular complexity index is 447. The maximum Gasteiger partial charge on any atom is 0.263 e. The van der Waals surface area contributed by atoms with E-state index < -0.39 is 0 Å². The summed E-state index contributed by atoms with van der Waals surface area (Å²) in [4.78, 5) is 25.1. The van der Waals surface area contributed by atoms with E-state index in [0.717, 1.165) is 5.69 Å². The second kappa shape index (κ2) is 5.08. The lowest BCUT2D eigenvalue weighted by Crippen LogP contribution is -2.45. The van der Waals surface area contributed by atoms with Crippen molar-refractivity contribution in [3.05, 3.63) is 30.3 Å². The van der Waals surface area contributed by atoms with Crippen molar-refractivity contribution in [2.24, 2.45) is 0 Å². The number of hydrogen-bond acceptors (Lipinski definition) is 3. The van der Waals surface area contributed by atoms with Gasteiger partial charge < -0.3 is 4.90 Å². The fraction of sp³-hybridized carbons (Fsp3) is 0.385. The van der Waals surface area contributed by atoms with Crippen molar-refractivity contribution in [1.29, 1.82) is 0 Å². The van der Waals surface area contributed by atoms with Crippen LogP contribution in [-0.2, 0) is 9.59 Å². The third kappa shape index (κ3) is 2.45. The second-order valence-corrected chi connectivity index (χ2v) is 4.43. The molecule has 1 aliphatic rings. The minimum atomic E-state index is -0.348. The van der Waals surface area contributed by atoms with Crippen molar-refractivity contribution in [3.63, 3.8) is 0 Å². The molecular formula is C13H17N3O2. The van der Waals surface area contributed by atoms with Crippen molar-refractivity contribution in [2.45, 2.75) is 18.9 Å². The largest absolute Gasteiger partial charge is 0.334 e. The Balaban J connectivity index is 1.99. The lowest BCUT2D eigenvalue weighted by molar-refractivity contribution is -0.138. The standard InChI is InChI=1S/C13H17N3O2/c1-15-11(8-9-12(15)17)13(18)16(2)14-10-6-4-3-5-7-10/h3-7,11,14H,8-9H2,1-2H3. The van der Waals surface area contributed by atoms with Gasteiger partial charge in [0.2, 0.25) is 5.91 Å². The Morgan fingerprint density at radius 2 is 2.06 bits per heavy atom. The van der Waals surface area contributed by atoms with Crippen LogP contribution in [0.3, 0.4) is 0 Å². The molecule has 2 rings (SSSR count). The van der Waals surface area contributed by atoms with Gasteiger partial charge in [-0.15, -0.1) is 0 Å². The van der Waals surface area contributed by atoms with Gasteiger partial charge in [-0.2, -0.15) is 0 Å². The van der Waals surface area contributed by atoms with Gasteiger partial charge in [-0.05, 0) is 18.6 Å². The second-order valence-electron chi connectivity index (χ2n) is 4.43. The summed E-state index contributed by atoms with van der Waals surface area (Å²) in [6.07, 6.45) is 1.04. The van der Waals surface area contributed by atoms with E-state index in [4.69, 9.17) is 0 Å². The fourth-order valence-corrected chi connectivity index (χ4v) is 2.08. The third-order valence-electron chi connectivity index (χ3n) is 3.18. The molecule has 1 aliphatic heterocycles. The first kappa shape index (κ1) is 12.4. The minimum Gasteiger partial charge on any atom is -0.334 e. The van der Waals surface area contributed by atoms with Crippen LogP contribution in [0.25, 0.3) is 0 Å². The summed E-state index contributed by atoms with van der Waals surface area (Å²) in [7, 11) is 3.35. The number of nitrogens with zero attached hydrogens (tertiary/aromatic N) is 2. The van der Waals surface area contributed by atoms with Gasteiger partial charge in [0.05, 0.1) is 5.69 Å². The highest BCUT2D eigenvalue weighted by molar-refractivity contribution is 5.91. The number of hydrazine groups is 1. The van der Waals surface area contributed by atoms with E-state index in [1.54, 1.807) is 14.1 Å². The number of anilines is 1. The summed E-state index contributed by atoms with van der Waals surface area (Å²) < 4.78 is 0. The molecule has 1 fully saturated rings. The van der Waals surface area contributed by atoms with Crippen LogP contribution in [0.4, 0.5) is 5.69 Å². The van der Waals surface area contributed by atoms with Crippen molar-refractivity contribution >= 4 is 17.5 Å². The molecule has 5 heteroatoms. The number of nitrogens with one attached hydrogen (secondary N) is 1. The van der Waals surface area contributed by atoms with Crippen LogP contribution in [0.1, 0.15) is 12.8 Å². The Labute approximate surface area is 106 Å². The van der Waals surface area contributed by atoms with Gasteiger partial charge in [0.25, 0.3) is 5.91 Å². The number of amides is 2. The maximum atomic E-state index is 12.2. The predicted molar refractivity (Wildman–Crippen MR) is 68.6 cm³/mol. The number of likely N-dealkylation sites (tertiary alicyclic amines) is 1. The highest BCUT2D eigenvalue weighted by Gasteiger charge is 2.34. The van der Waals surface area contributed by atoms with Gasteiger partial charge in [-0.1, -0.05) is 18.2 Å². The molecule has 0 saturated carbocycles.